The van der Waals surface area contributed by atoms with Gasteiger partial charge in [-0.2, -0.15) is 0 Å². The maximum atomic E-state index is 11.0. The maximum absolute atomic E-state index is 11.0. The maximum Gasteiger partial charge on any atom is 1.00 e. The summed E-state index contributed by atoms with van der Waals surface area (Å²) in [5.74, 6) is -3.43. The fourth-order valence-corrected chi connectivity index (χ4v) is 2.41. The Balaban J connectivity index is 0. The molecule has 0 aromatic heterocycles. The molecule has 0 amide bonds. The summed E-state index contributed by atoms with van der Waals surface area (Å²) < 4.78 is 32.9. The summed E-state index contributed by atoms with van der Waals surface area (Å²) in [6.45, 7) is 0. The zero-order valence-corrected chi connectivity index (χ0v) is 19.5. The number of rotatable bonds is 3. The van der Waals surface area contributed by atoms with Crippen LogP contribution in [0.3, 0.4) is 0 Å². The number of carboxylic acid groups (broad SMARTS) is 2. The number of carbonyl (C=O) groups excluding carboxylic acids is 2. The van der Waals surface area contributed by atoms with E-state index in [1.54, 1.807) is 0 Å². The van der Waals surface area contributed by atoms with Crippen molar-refractivity contribution in [3.63, 3.8) is 0 Å². The third kappa shape index (κ3) is 5.79. The Morgan fingerprint density at radius 2 is 1.39 bits per heavy atom. The van der Waals surface area contributed by atoms with Gasteiger partial charge in [0.2, 0.25) is 0 Å². The van der Waals surface area contributed by atoms with E-state index >= 15 is 0 Å². The minimum absolute atomic E-state index is 0. The van der Waals surface area contributed by atoms with Crippen LogP contribution in [-0.4, -0.2) is 24.9 Å². The molecule has 104 valence electrons. The first-order chi connectivity index (χ1) is 9.21. The Bertz CT molecular complexity index is 849. The van der Waals surface area contributed by atoms with E-state index in [-0.39, 0.29) is 99.4 Å². The minimum atomic E-state index is -4.89. The van der Waals surface area contributed by atoms with Crippen LogP contribution in [0.15, 0.2) is 35.2 Å². The fraction of sp³-hybridized carbons (Fsp3) is 0. The summed E-state index contributed by atoms with van der Waals surface area (Å²) in [5, 5.41) is 21.7. The molecule has 0 saturated heterocycles. The van der Waals surface area contributed by atoms with Gasteiger partial charge in [-0.3, -0.25) is 0 Å². The Morgan fingerprint density at radius 1 is 0.870 bits per heavy atom. The number of hydrogen-bond donors (Lipinski definition) is 0. The number of benzene rings is 2. The van der Waals surface area contributed by atoms with Crippen LogP contribution in [0.5, 0.6) is 0 Å². The number of aromatic carboxylic acids is 2. The molecule has 2 aromatic carbocycles. The first kappa shape index (κ1) is 25.8. The molecule has 0 bridgehead atoms. The van der Waals surface area contributed by atoms with Gasteiger partial charge in [0, 0.05) is 11.1 Å². The quantitative estimate of drug-likeness (QED) is 0.390. The van der Waals surface area contributed by atoms with Gasteiger partial charge >= 0.3 is 88.7 Å². The standard InChI is InChI=1S/C12H8O7S.3Na/c13-11(14)8-3-1-2-6-4-7(20(17,18)19)5-9(10(6)8)12(15)16;;;/h1-5H,(H,13,14)(H,15,16)(H,17,18,19);;;/q;3*+1/p-3. The van der Waals surface area contributed by atoms with Crippen molar-refractivity contribution < 1.29 is 121 Å². The second kappa shape index (κ2) is 9.88. The van der Waals surface area contributed by atoms with E-state index in [0.29, 0.717) is 6.07 Å². The second-order valence-electron chi connectivity index (χ2n) is 3.90. The van der Waals surface area contributed by atoms with Crippen LogP contribution in [0.25, 0.3) is 10.8 Å². The van der Waals surface area contributed by atoms with E-state index in [0.717, 1.165) is 12.1 Å². The molecule has 0 atom stereocenters. The summed E-state index contributed by atoms with van der Waals surface area (Å²) in [6.07, 6.45) is 0. The molecule has 0 radical (unpaired) electrons. The first-order valence-corrected chi connectivity index (χ1v) is 6.58. The number of carbonyl (C=O) groups is 2. The predicted octanol–water partition coefficient (Wildman–Crippen LogP) is -10.5. The Morgan fingerprint density at radius 3 is 1.83 bits per heavy atom. The van der Waals surface area contributed by atoms with Crippen molar-refractivity contribution in [2.24, 2.45) is 0 Å². The molecule has 0 fully saturated rings. The summed E-state index contributed by atoms with van der Waals surface area (Å²) in [5.41, 5.74) is -1.13. The van der Waals surface area contributed by atoms with E-state index in [4.69, 9.17) is 0 Å². The monoisotopic (exact) mass is 362 g/mol. The normalized spacial score (nSPS) is 9.96. The fourth-order valence-electron chi connectivity index (χ4n) is 1.88. The molecule has 2 aromatic rings. The van der Waals surface area contributed by atoms with Gasteiger partial charge < -0.3 is 24.4 Å². The summed E-state index contributed by atoms with van der Waals surface area (Å²) >= 11 is 0. The molecule has 0 unspecified atom stereocenters. The molecule has 0 spiro atoms. The molecule has 0 saturated carbocycles. The van der Waals surface area contributed by atoms with Crippen molar-refractivity contribution in [3.05, 3.63) is 41.5 Å². The van der Waals surface area contributed by atoms with Crippen LogP contribution in [0.1, 0.15) is 20.7 Å². The average Bonchev–Trinajstić information content (AvgIpc) is 2.35. The van der Waals surface area contributed by atoms with Gasteiger partial charge in [-0.05, 0) is 22.9 Å². The van der Waals surface area contributed by atoms with Gasteiger partial charge in [-0.1, -0.05) is 18.2 Å². The van der Waals surface area contributed by atoms with Gasteiger partial charge in [-0.25, -0.2) is 8.42 Å². The molecule has 0 N–H and O–H groups in total. The molecule has 0 heterocycles. The summed E-state index contributed by atoms with van der Waals surface area (Å²) in [6, 6.07) is 5.13. The largest absolute Gasteiger partial charge is 1.00 e. The van der Waals surface area contributed by atoms with Crippen molar-refractivity contribution in [1.82, 2.24) is 0 Å². The van der Waals surface area contributed by atoms with E-state index in [1.165, 1.54) is 12.1 Å². The smallest absolute Gasteiger partial charge is 0.744 e. The second-order valence-corrected chi connectivity index (χ2v) is 5.28. The zero-order chi connectivity index (χ0) is 15.1. The number of hydrogen-bond acceptors (Lipinski definition) is 7. The molecule has 0 aliphatic carbocycles. The molecule has 0 aliphatic heterocycles. The minimum Gasteiger partial charge on any atom is -0.744 e. The van der Waals surface area contributed by atoms with Crippen LogP contribution >= 0.6 is 0 Å². The van der Waals surface area contributed by atoms with Crippen LogP contribution in [0.2, 0.25) is 0 Å². The third-order valence-electron chi connectivity index (χ3n) is 2.68. The van der Waals surface area contributed by atoms with E-state index in [1.807, 2.05) is 0 Å². The predicted molar refractivity (Wildman–Crippen MR) is 60.6 cm³/mol. The van der Waals surface area contributed by atoms with Crippen molar-refractivity contribution in [1.29, 1.82) is 0 Å². The first-order valence-electron chi connectivity index (χ1n) is 5.17. The SMILES string of the molecule is O=C([O-])c1cccc2cc(S(=O)(=O)[O-])cc(C(=O)[O-])c12.[Na+].[Na+].[Na+]. The molecular weight excluding hydrogens is 357 g/mol. The van der Waals surface area contributed by atoms with E-state index in [2.05, 4.69) is 0 Å². The van der Waals surface area contributed by atoms with Crippen molar-refractivity contribution in [2.75, 3.05) is 0 Å². The topological polar surface area (TPSA) is 137 Å². The van der Waals surface area contributed by atoms with Gasteiger partial charge in [-0.15, -0.1) is 0 Å². The molecular formula is C12H5Na3O7S. The molecule has 2 rings (SSSR count). The van der Waals surface area contributed by atoms with Crippen LogP contribution in [0.4, 0.5) is 0 Å². The van der Waals surface area contributed by atoms with Crippen molar-refractivity contribution in [3.8, 4) is 0 Å². The Labute approximate surface area is 198 Å². The number of carboxylic acids is 2. The number of fused-ring (bicyclic) bond motifs is 1. The summed E-state index contributed by atoms with van der Waals surface area (Å²) in [4.78, 5) is 21.2. The van der Waals surface area contributed by atoms with Crippen LogP contribution in [0, 0.1) is 0 Å². The van der Waals surface area contributed by atoms with Crippen LogP contribution in [-0.2, 0) is 10.1 Å². The average molecular weight is 362 g/mol. The Kier molecular flexibility index (Phi) is 11.1. The van der Waals surface area contributed by atoms with E-state index < -0.39 is 38.1 Å². The van der Waals surface area contributed by atoms with Gasteiger partial charge in [0.15, 0.2) is 0 Å². The van der Waals surface area contributed by atoms with Crippen molar-refractivity contribution >= 4 is 32.8 Å². The third-order valence-corrected chi connectivity index (χ3v) is 3.49. The molecule has 0 aliphatic rings. The van der Waals surface area contributed by atoms with Gasteiger partial charge in [0.1, 0.15) is 10.1 Å². The van der Waals surface area contributed by atoms with Crippen molar-refractivity contribution in [2.45, 2.75) is 4.90 Å². The van der Waals surface area contributed by atoms with Gasteiger partial charge in [0.25, 0.3) is 0 Å². The van der Waals surface area contributed by atoms with Crippen LogP contribution < -0.4 is 98.9 Å². The molecule has 7 nitrogen and oxygen atoms in total. The molecule has 23 heavy (non-hydrogen) atoms. The summed E-state index contributed by atoms with van der Waals surface area (Å²) in [7, 11) is -4.89. The van der Waals surface area contributed by atoms with E-state index in [9.17, 15) is 32.8 Å². The zero-order valence-electron chi connectivity index (χ0n) is 12.7. The molecule has 11 heteroatoms. The Hall–Kier alpha value is 0.550. The van der Waals surface area contributed by atoms with Gasteiger partial charge in [0.05, 0.1) is 16.8 Å².